The summed E-state index contributed by atoms with van der Waals surface area (Å²) >= 11 is -11.1. The molecule has 0 unspecified atom stereocenters. The van der Waals surface area contributed by atoms with Gasteiger partial charge in [0.2, 0.25) is 0 Å². The Balaban J connectivity index is 0.000000638. The molecule has 8 heteroatoms. The van der Waals surface area contributed by atoms with Crippen LogP contribution in [0.5, 0.6) is 0 Å². The van der Waals surface area contributed by atoms with Crippen molar-refractivity contribution in [1.82, 2.24) is 0 Å². The van der Waals surface area contributed by atoms with Gasteiger partial charge in [0.05, 0.1) is 0 Å². The Morgan fingerprint density at radius 2 is 0.605 bits per heavy atom. The second-order valence-electron chi connectivity index (χ2n) is 12.5. The number of benzene rings is 3. The van der Waals surface area contributed by atoms with E-state index in [1.807, 2.05) is 0 Å². The van der Waals surface area contributed by atoms with Crippen LogP contribution in [0.15, 0.2) is 87.5 Å². The summed E-state index contributed by atoms with van der Waals surface area (Å²) in [4.78, 5) is 4.34. The summed E-state index contributed by atoms with van der Waals surface area (Å²) in [5.74, 6) is 0. The number of rotatable bonds is 3. The van der Waals surface area contributed by atoms with E-state index in [1.165, 1.54) is 31.4 Å². The van der Waals surface area contributed by atoms with Crippen LogP contribution < -0.4 is 0 Å². The molecule has 0 aliphatic rings. The van der Waals surface area contributed by atoms with E-state index in [9.17, 15) is 20.8 Å². The van der Waals surface area contributed by atoms with Crippen molar-refractivity contribution in [2.75, 3.05) is 0 Å². The van der Waals surface area contributed by atoms with Gasteiger partial charge in [0.15, 0.2) is 14.7 Å². The molecule has 0 atom stereocenters. The monoisotopic (exact) mass is 620 g/mol. The van der Waals surface area contributed by atoms with E-state index in [0.29, 0.717) is 0 Å². The number of hydrogen-bond donors (Lipinski definition) is 0. The normalized spacial score (nSPS) is 14.8. The summed E-state index contributed by atoms with van der Waals surface area (Å²) in [7, 11) is -0.189. The predicted molar refractivity (Wildman–Crippen MR) is 150 cm³/mol. The Morgan fingerprint density at radius 1 is 0.421 bits per heavy atom. The molecule has 3 rings (SSSR count). The summed E-state index contributed by atoms with van der Waals surface area (Å²) in [6.45, 7) is 21.0. The first-order chi connectivity index (χ1) is 16.8. The van der Waals surface area contributed by atoms with Gasteiger partial charge in [-0.25, -0.2) is 0 Å². The zero-order chi connectivity index (χ0) is 29.4. The minimum atomic E-state index is -11.1. The molecule has 0 heterocycles. The Morgan fingerprint density at radius 3 is 0.789 bits per heavy atom. The van der Waals surface area contributed by atoms with Crippen molar-refractivity contribution in [3.8, 4) is 0 Å². The molecule has 0 aromatic heterocycles. The van der Waals surface area contributed by atoms with Crippen LogP contribution >= 0.6 is 0 Å². The maximum atomic E-state index is 9.91. The van der Waals surface area contributed by atoms with Crippen LogP contribution in [0.4, 0.5) is 20.8 Å². The molecule has 0 saturated carbocycles. The van der Waals surface area contributed by atoms with Crippen LogP contribution in [-0.2, 0) is 27.1 Å². The summed E-state index contributed by atoms with van der Waals surface area (Å²) in [5.41, 5.74) is 4.54. The van der Waals surface area contributed by atoms with Gasteiger partial charge in [-0.2, -0.15) is 0 Å². The van der Waals surface area contributed by atoms with Gasteiger partial charge < -0.3 is 0 Å². The molecule has 0 N–H and O–H groups in total. The van der Waals surface area contributed by atoms with Gasteiger partial charge >= 0.3 is 35.0 Å². The van der Waals surface area contributed by atoms with Gasteiger partial charge in [-0.15, -0.1) is 0 Å². The first-order valence-electron chi connectivity index (χ1n) is 12.4. The zero-order valence-electron chi connectivity index (χ0n) is 23.6. The van der Waals surface area contributed by atoms with Crippen LogP contribution in [0, 0.1) is 0 Å². The summed E-state index contributed by atoms with van der Waals surface area (Å²) in [6, 6.07) is 27.3. The molecule has 0 aliphatic heterocycles. The van der Waals surface area contributed by atoms with Crippen molar-refractivity contribution in [3.63, 3.8) is 0 Å². The Bertz CT molecular complexity index is 1110. The molecular formula is C30H39AsF6S. The Kier molecular flexibility index (Phi) is 8.48. The molecule has 0 fully saturated rings. The second kappa shape index (κ2) is 9.96. The third-order valence-corrected chi connectivity index (χ3v) is 8.13. The van der Waals surface area contributed by atoms with Crippen molar-refractivity contribution in [1.29, 1.82) is 0 Å². The van der Waals surface area contributed by atoms with Crippen LogP contribution in [0.25, 0.3) is 0 Å². The summed E-state index contributed by atoms with van der Waals surface area (Å²) < 4.78 is 59.4. The van der Waals surface area contributed by atoms with E-state index in [-0.39, 0.29) is 27.1 Å². The van der Waals surface area contributed by atoms with E-state index in [0.717, 1.165) is 0 Å². The Hall–Kier alpha value is -1.85. The van der Waals surface area contributed by atoms with Crippen LogP contribution in [0.1, 0.15) is 79.0 Å². The molecule has 0 bridgehead atoms. The van der Waals surface area contributed by atoms with E-state index in [2.05, 4.69) is 135 Å². The van der Waals surface area contributed by atoms with E-state index in [4.69, 9.17) is 0 Å². The Labute approximate surface area is 228 Å². The number of halogens is 6. The molecule has 38 heavy (non-hydrogen) atoms. The van der Waals surface area contributed by atoms with Crippen LogP contribution in [-0.4, -0.2) is 14.2 Å². The van der Waals surface area contributed by atoms with Gasteiger partial charge in [0, 0.05) is 16.7 Å². The van der Waals surface area contributed by atoms with E-state index in [1.54, 1.807) is 0 Å². The molecule has 0 saturated heterocycles. The molecule has 212 valence electrons. The average Bonchev–Trinajstić information content (AvgIpc) is 2.71. The molecule has 0 spiro atoms. The van der Waals surface area contributed by atoms with Gasteiger partial charge in [-0.05, 0) is 34.4 Å². The summed E-state index contributed by atoms with van der Waals surface area (Å²) in [6.07, 6.45) is 0. The number of hydrogen-bond acceptors (Lipinski definition) is 0. The van der Waals surface area contributed by atoms with Crippen molar-refractivity contribution in [3.05, 3.63) is 89.5 Å². The maximum absolute atomic E-state index is 11.1. The fourth-order valence-electron chi connectivity index (χ4n) is 4.15. The SMILES string of the molecule is CC(C)(C)c1ccccc1[S+](c1ccccc1C(C)(C)C)c1ccccc1C(C)(C)C.F[As-](F)(F)(F)(F)F. The molecule has 3 aromatic rings. The van der Waals surface area contributed by atoms with Crippen molar-refractivity contribution < 1.29 is 20.8 Å². The van der Waals surface area contributed by atoms with E-state index >= 15 is 0 Å². The van der Waals surface area contributed by atoms with Gasteiger partial charge in [-0.1, -0.05) is 117 Å². The minimum absolute atomic E-state index is 0.0786. The standard InChI is InChI=1S/C30H39S.AsF6/c1-28(2,3)22-16-10-13-19-25(22)31(26-20-14-11-17-23(26)29(4,5)6)27-21-15-12-18-24(27)30(7,8)9;2-1(3,4,5,6)7/h10-21H,1-9H3;/q+1;-1. The predicted octanol–water partition coefficient (Wildman–Crippen LogP) is 10.8. The quantitative estimate of drug-likeness (QED) is 0.155. The van der Waals surface area contributed by atoms with Gasteiger partial charge in [0.25, 0.3) is 0 Å². The first kappa shape index (κ1) is 32.4. The summed E-state index contributed by atoms with van der Waals surface area (Å²) in [5, 5.41) is 0. The van der Waals surface area contributed by atoms with Crippen molar-refractivity contribution >= 4 is 25.1 Å². The third kappa shape index (κ3) is 10.0. The van der Waals surface area contributed by atoms with Crippen LogP contribution in [0.2, 0.25) is 0 Å². The molecule has 0 nitrogen and oxygen atoms in total. The zero-order valence-corrected chi connectivity index (χ0v) is 26.2. The molecular weight excluding hydrogens is 581 g/mol. The van der Waals surface area contributed by atoms with Crippen LogP contribution in [0.3, 0.4) is 0 Å². The van der Waals surface area contributed by atoms with Gasteiger partial charge in [0.1, 0.15) is 10.9 Å². The first-order valence-corrected chi connectivity index (χ1v) is 17.8. The molecule has 3 aromatic carbocycles. The van der Waals surface area contributed by atoms with Crippen molar-refractivity contribution in [2.45, 2.75) is 93.2 Å². The average molecular weight is 621 g/mol. The van der Waals surface area contributed by atoms with Crippen molar-refractivity contribution in [2.24, 2.45) is 0 Å². The molecule has 0 radical (unpaired) electrons. The second-order valence-corrected chi connectivity index (χ2v) is 18.5. The van der Waals surface area contributed by atoms with E-state index < -0.39 is 14.2 Å². The fraction of sp³-hybridized carbons (Fsp3) is 0.400. The fourth-order valence-corrected chi connectivity index (χ4v) is 7.29. The molecule has 0 amide bonds. The third-order valence-electron chi connectivity index (χ3n) is 5.74. The topological polar surface area (TPSA) is 0 Å². The van der Waals surface area contributed by atoms with Gasteiger partial charge in [-0.3, -0.25) is 0 Å². The molecule has 0 aliphatic carbocycles.